The molecule has 2 aliphatic rings. The molecule has 0 bridgehead atoms. The zero-order chi connectivity index (χ0) is 22.0. The van der Waals surface area contributed by atoms with E-state index in [4.69, 9.17) is 4.74 Å². The molecule has 2 saturated heterocycles. The first kappa shape index (κ1) is 20.9. The minimum Gasteiger partial charge on any atom is -0.497 e. The summed E-state index contributed by atoms with van der Waals surface area (Å²) in [5.74, 6) is 0.490. The maximum Gasteiger partial charge on any atom is 0.322 e. The molecule has 7 heteroatoms. The fourth-order valence-corrected chi connectivity index (χ4v) is 4.58. The maximum absolute atomic E-state index is 12.8. The fraction of sp³-hybridized carbons (Fsp3) is 0.333. The molecule has 2 aromatic rings. The predicted molar refractivity (Wildman–Crippen MR) is 119 cm³/mol. The van der Waals surface area contributed by atoms with Crippen molar-refractivity contribution in [2.75, 3.05) is 32.1 Å². The van der Waals surface area contributed by atoms with Gasteiger partial charge < -0.3 is 25.0 Å². The number of carbonyl (C=O) groups excluding carboxylic acids is 2. The van der Waals surface area contributed by atoms with Gasteiger partial charge in [-0.25, -0.2) is 4.79 Å². The number of methoxy groups -OCH3 is 1. The number of fused-ring (bicyclic) bond motifs is 1. The lowest BCUT2D eigenvalue weighted by molar-refractivity contribution is -0.159. The number of hydrogen-bond donors (Lipinski definition) is 2. The van der Waals surface area contributed by atoms with Crippen LogP contribution in [0.25, 0.3) is 6.08 Å². The van der Waals surface area contributed by atoms with E-state index in [0.29, 0.717) is 18.0 Å². The first-order chi connectivity index (χ1) is 15.0. The molecular weight excluding hydrogens is 394 g/mol. The highest BCUT2D eigenvalue weighted by Crippen LogP contribution is 2.43. The zero-order valence-corrected chi connectivity index (χ0v) is 17.7. The number of aliphatic hydroxyl groups excluding tert-OH is 1. The van der Waals surface area contributed by atoms with E-state index in [1.807, 2.05) is 43.3 Å². The Kier molecular flexibility index (Phi) is 5.95. The third kappa shape index (κ3) is 4.01. The Hall–Kier alpha value is -3.32. The largest absolute Gasteiger partial charge is 0.497 e. The second-order valence-corrected chi connectivity index (χ2v) is 7.85. The number of ether oxygens (including phenoxy) is 1. The number of allylic oxidation sites excluding steroid dienone is 1. The van der Waals surface area contributed by atoms with Crippen LogP contribution in [0, 0.1) is 0 Å². The molecule has 7 nitrogen and oxygen atoms in total. The molecule has 2 fully saturated rings. The maximum atomic E-state index is 12.8. The van der Waals surface area contributed by atoms with Crippen molar-refractivity contribution in [1.29, 1.82) is 0 Å². The molecular formula is C24H27N3O4. The van der Waals surface area contributed by atoms with Crippen LogP contribution >= 0.6 is 0 Å². The Morgan fingerprint density at radius 2 is 2.03 bits per heavy atom. The van der Waals surface area contributed by atoms with Gasteiger partial charge in [-0.2, -0.15) is 0 Å². The number of hydrogen-bond acceptors (Lipinski definition) is 4. The topological polar surface area (TPSA) is 82.1 Å². The molecule has 3 atom stereocenters. The highest BCUT2D eigenvalue weighted by atomic mass is 16.5. The van der Waals surface area contributed by atoms with Gasteiger partial charge in [-0.1, -0.05) is 42.5 Å². The van der Waals surface area contributed by atoms with E-state index in [9.17, 15) is 14.7 Å². The smallest absolute Gasteiger partial charge is 0.322 e. The van der Waals surface area contributed by atoms with Gasteiger partial charge in [0.05, 0.1) is 25.8 Å². The highest BCUT2D eigenvalue weighted by molar-refractivity contribution is 5.94. The minimum absolute atomic E-state index is 0.00421. The fourth-order valence-electron chi connectivity index (χ4n) is 4.58. The lowest BCUT2D eigenvalue weighted by Crippen LogP contribution is -2.73. The van der Waals surface area contributed by atoms with Gasteiger partial charge in [-0.3, -0.25) is 4.79 Å². The summed E-state index contributed by atoms with van der Waals surface area (Å²) in [6.45, 7) is 2.28. The third-order valence-electron chi connectivity index (χ3n) is 6.04. The van der Waals surface area contributed by atoms with Crippen molar-refractivity contribution in [2.45, 2.75) is 24.9 Å². The molecule has 162 valence electrons. The Bertz CT molecular complexity index is 989. The van der Waals surface area contributed by atoms with Crippen LogP contribution in [0.4, 0.5) is 10.5 Å². The second kappa shape index (κ2) is 8.81. The van der Waals surface area contributed by atoms with E-state index in [0.717, 1.165) is 11.1 Å². The molecule has 4 rings (SSSR count). The van der Waals surface area contributed by atoms with E-state index >= 15 is 0 Å². The molecule has 2 aliphatic heterocycles. The number of amides is 3. The number of rotatable bonds is 5. The highest BCUT2D eigenvalue weighted by Gasteiger charge is 2.54. The summed E-state index contributed by atoms with van der Waals surface area (Å²) in [7, 11) is 1.57. The SMILES string of the molecule is C/C=C/c1ccc([C@H]2[C@@H](CO)N3C(=O)CN(C(=O)Nc4cccc(OC)c4)C[C@H]23)cc1. The molecule has 0 spiro atoms. The van der Waals surface area contributed by atoms with E-state index in [-0.39, 0.29) is 43.1 Å². The van der Waals surface area contributed by atoms with Crippen molar-refractivity contribution in [2.24, 2.45) is 0 Å². The number of benzene rings is 2. The summed E-state index contributed by atoms with van der Waals surface area (Å²) in [6.07, 6.45) is 4.00. The van der Waals surface area contributed by atoms with Crippen LogP contribution in [0.5, 0.6) is 5.75 Å². The van der Waals surface area contributed by atoms with Crippen LogP contribution in [0.3, 0.4) is 0 Å². The van der Waals surface area contributed by atoms with E-state index in [2.05, 4.69) is 5.32 Å². The third-order valence-corrected chi connectivity index (χ3v) is 6.04. The normalized spacial score (nSPS) is 22.8. The number of aliphatic hydroxyl groups is 1. The van der Waals surface area contributed by atoms with Crippen molar-refractivity contribution in [3.05, 3.63) is 65.7 Å². The number of nitrogens with zero attached hydrogens (tertiary/aromatic N) is 2. The summed E-state index contributed by atoms with van der Waals surface area (Å²) in [4.78, 5) is 28.9. The van der Waals surface area contributed by atoms with Crippen LogP contribution in [0.15, 0.2) is 54.6 Å². The summed E-state index contributed by atoms with van der Waals surface area (Å²) in [5.41, 5.74) is 2.77. The molecule has 31 heavy (non-hydrogen) atoms. The monoisotopic (exact) mass is 421 g/mol. The second-order valence-electron chi connectivity index (χ2n) is 7.85. The summed E-state index contributed by atoms with van der Waals surface area (Å²) in [6, 6.07) is 14.5. The minimum atomic E-state index is -0.323. The van der Waals surface area contributed by atoms with Gasteiger partial charge in [0.15, 0.2) is 0 Å². The van der Waals surface area contributed by atoms with Crippen LogP contribution < -0.4 is 10.1 Å². The number of piperazine rings is 1. The molecule has 2 heterocycles. The Morgan fingerprint density at radius 3 is 2.71 bits per heavy atom. The molecule has 0 saturated carbocycles. The van der Waals surface area contributed by atoms with Crippen LogP contribution in [-0.2, 0) is 4.79 Å². The molecule has 0 aromatic heterocycles. The standard InChI is InChI=1S/C24H27N3O4/c1-3-5-16-8-10-17(11-9-16)23-20-13-26(14-22(29)27(20)21(23)15-28)24(30)25-18-6-4-7-19(12-18)31-2/h3-12,20-21,23,28H,13-15H2,1-2H3,(H,25,30)/b5-3+/t20-,21-,23-/m1/s1. The number of carbonyl (C=O) groups is 2. The number of nitrogens with one attached hydrogen (secondary N) is 1. The van der Waals surface area contributed by atoms with Crippen molar-refractivity contribution >= 4 is 23.7 Å². The first-order valence-electron chi connectivity index (χ1n) is 10.4. The lowest BCUT2D eigenvalue weighted by atomic mass is 9.73. The quantitative estimate of drug-likeness (QED) is 0.778. The number of anilines is 1. The van der Waals surface area contributed by atoms with Crippen LogP contribution in [-0.4, -0.2) is 65.7 Å². The van der Waals surface area contributed by atoms with Crippen molar-refractivity contribution in [3.8, 4) is 5.75 Å². The van der Waals surface area contributed by atoms with Crippen LogP contribution in [0.2, 0.25) is 0 Å². The van der Waals surface area contributed by atoms with Gasteiger partial charge in [0.25, 0.3) is 0 Å². The average molecular weight is 421 g/mol. The zero-order valence-electron chi connectivity index (χ0n) is 17.7. The molecule has 3 amide bonds. The summed E-state index contributed by atoms with van der Waals surface area (Å²) < 4.78 is 5.20. The van der Waals surface area contributed by atoms with Gasteiger partial charge in [-0.15, -0.1) is 0 Å². The first-order valence-corrected chi connectivity index (χ1v) is 10.4. The molecule has 0 aliphatic carbocycles. The average Bonchev–Trinajstić information content (AvgIpc) is 2.76. The van der Waals surface area contributed by atoms with Crippen molar-refractivity contribution in [1.82, 2.24) is 9.80 Å². The van der Waals surface area contributed by atoms with Gasteiger partial charge in [0.1, 0.15) is 12.3 Å². The lowest BCUT2D eigenvalue weighted by Gasteiger charge is -2.58. The van der Waals surface area contributed by atoms with E-state index in [1.54, 1.807) is 36.3 Å². The summed E-state index contributed by atoms with van der Waals surface area (Å²) >= 11 is 0. The Labute approximate surface area is 181 Å². The van der Waals surface area contributed by atoms with Gasteiger partial charge in [0.2, 0.25) is 5.91 Å². The van der Waals surface area contributed by atoms with Crippen molar-refractivity contribution < 1.29 is 19.4 Å². The predicted octanol–water partition coefficient (Wildman–Crippen LogP) is 2.93. The Balaban J connectivity index is 1.50. The van der Waals surface area contributed by atoms with E-state index < -0.39 is 0 Å². The molecule has 2 aromatic carbocycles. The Morgan fingerprint density at radius 1 is 1.26 bits per heavy atom. The molecule has 0 radical (unpaired) electrons. The number of urea groups is 1. The van der Waals surface area contributed by atoms with Gasteiger partial charge in [0, 0.05) is 24.2 Å². The molecule has 2 N–H and O–H groups in total. The van der Waals surface area contributed by atoms with Gasteiger partial charge in [-0.05, 0) is 30.2 Å². The van der Waals surface area contributed by atoms with E-state index in [1.165, 1.54) is 4.90 Å². The molecule has 0 unspecified atom stereocenters. The van der Waals surface area contributed by atoms with Crippen LogP contribution in [0.1, 0.15) is 24.0 Å². The van der Waals surface area contributed by atoms with Gasteiger partial charge >= 0.3 is 6.03 Å². The van der Waals surface area contributed by atoms with Crippen molar-refractivity contribution in [3.63, 3.8) is 0 Å². The summed E-state index contributed by atoms with van der Waals surface area (Å²) in [5, 5.41) is 12.8.